The molecule has 3 nitrogen and oxygen atoms in total. The Kier molecular flexibility index (Phi) is 3.97. The fourth-order valence-corrected chi connectivity index (χ4v) is 2.50. The average molecular weight is 319 g/mol. The Labute approximate surface area is 112 Å². The number of hydrogen-bond acceptors (Lipinski definition) is 2. The van der Waals surface area contributed by atoms with Crippen molar-refractivity contribution in [2.45, 2.75) is 19.4 Å². The normalized spacial score (nSPS) is 23.1. The predicted molar refractivity (Wildman–Crippen MR) is 68.3 cm³/mol. The standard InChI is InChI=1S/C12H13BrF2N2O/c1-6-8(2-3-16-6)12(18)17-11-9(14)4-7(13)5-10(11)15/h4-6,8,16H,2-3H2,1H3,(H,17,18). The lowest BCUT2D eigenvalue weighted by Crippen LogP contribution is -2.32. The number of carbonyl (C=O) groups is 1. The highest BCUT2D eigenvalue weighted by Crippen LogP contribution is 2.25. The van der Waals surface area contributed by atoms with E-state index in [9.17, 15) is 13.6 Å². The lowest BCUT2D eigenvalue weighted by Gasteiger charge is -2.15. The smallest absolute Gasteiger partial charge is 0.229 e. The number of halogens is 3. The Morgan fingerprint density at radius 2 is 2.06 bits per heavy atom. The van der Waals surface area contributed by atoms with Gasteiger partial charge >= 0.3 is 0 Å². The van der Waals surface area contributed by atoms with Crippen LogP contribution in [0.2, 0.25) is 0 Å². The molecule has 0 aliphatic carbocycles. The molecule has 2 atom stereocenters. The van der Waals surface area contributed by atoms with E-state index in [-0.39, 0.29) is 23.6 Å². The topological polar surface area (TPSA) is 41.1 Å². The molecule has 1 heterocycles. The van der Waals surface area contributed by atoms with Crippen molar-refractivity contribution in [1.82, 2.24) is 5.32 Å². The summed E-state index contributed by atoms with van der Waals surface area (Å²) in [6.07, 6.45) is 0.673. The highest BCUT2D eigenvalue weighted by Gasteiger charge is 2.30. The van der Waals surface area contributed by atoms with E-state index < -0.39 is 11.6 Å². The van der Waals surface area contributed by atoms with Crippen molar-refractivity contribution in [2.75, 3.05) is 11.9 Å². The average Bonchev–Trinajstić information content (AvgIpc) is 2.69. The molecule has 0 aromatic heterocycles. The number of hydrogen-bond donors (Lipinski definition) is 2. The molecule has 98 valence electrons. The van der Waals surface area contributed by atoms with Crippen LogP contribution in [0.1, 0.15) is 13.3 Å². The highest BCUT2D eigenvalue weighted by molar-refractivity contribution is 9.10. The second-order valence-electron chi connectivity index (χ2n) is 4.37. The van der Waals surface area contributed by atoms with E-state index >= 15 is 0 Å². The third-order valence-corrected chi connectivity index (χ3v) is 3.57. The van der Waals surface area contributed by atoms with Crippen LogP contribution in [0.5, 0.6) is 0 Å². The van der Waals surface area contributed by atoms with Gasteiger partial charge in [0.2, 0.25) is 5.91 Å². The largest absolute Gasteiger partial charge is 0.321 e. The maximum atomic E-state index is 13.6. The molecule has 1 saturated heterocycles. The second-order valence-corrected chi connectivity index (χ2v) is 5.29. The molecular formula is C12H13BrF2N2O. The van der Waals surface area contributed by atoms with Crippen LogP contribution in [0.4, 0.5) is 14.5 Å². The first kappa shape index (κ1) is 13.4. The van der Waals surface area contributed by atoms with Gasteiger partial charge < -0.3 is 10.6 Å². The van der Waals surface area contributed by atoms with Gasteiger partial charge in [-0.05, 0) is 32.0 Å². The summed E-state index contributed by atoms with van der Waals surface area (Å²) in [4.78, 5) is 11.9. The van der Waals surface area contributed by atoms with Gasteiger partial charge in [-0.3, -0.25) is 4.79 Å². The van der Waals surface area contributed by atoms with Crippen LogP contribution in [0, 0.1) is 17.6 Å². The van der Waals surface area contributed by atoms with Crippen molar-refractivity contribution in [2.24, 2.45) is 5.92 Å². The van der Waals surface area contributed by atoms with Gasteiger partial charge in [0.25, 0.3) is 0 Å². The summed E-state index contributed by atoms with van der Waals surface area (Å²) in [5, 5.41) is 5.45. The molecule has 0 saturated carbocycles. The molecule has 18 heavy (non-hydrogen) atoms. The maximum Gasteiger partial charge on any atom is 0.229 e. The lowest BCUT2D eigenvalue weighted by atomic mass is 10.0. The quantitative estimate of drug-likeness (QED) is 0.880. The molecule has 2 N–H and O–H groups in total. The monoisotopic (exact) mass is 318 g/mol. The van der Waals surface area contributed by atoms with Crippen LogP contribution < -0.4 is 10.6 Å². The molecule has 1 amide bonds. The molecular weight excluding hydrogens is 306 g/mol. The fourth-order valence-electron chi connectivity index (χ4n) is 2.09. The van der Waals surface area contributed by atoms with Crippen LogP contribution in [0.15, 0.2) is 16.6 Å². The first-order chi connectivity index (χ1) is 8.49. The maximum absolute atomic E-state index is 13.6. The van der Waals surface area contributed by atoms with Crippen molar-refractivity contribution < 1.29 is 13.6 Å². The Morgan fingerprint density at radius 3 is 2.56 bits per heavy atom. The minimum atomic E-state index is -0.783. The summed E-state index contributed by atoms with van der Waals surface area (Å²) in [5.41, 5.74) is -0.387. The highest BCUT2D eigenvalue weighted by atomic mass is 79.9. The first-order valence-electron chi connectivity index (χ1n) is 5.68. The molecule has 0 spiro atoms. The van der Waals surface area contributed by atoms with Crippen molar-refractivity contribution >= 4 is 27.5 Å². The number of anilines is 1. The third kappa shape index (κ3) is 2.70. The van der Waals surface area contributed by atoms with Crippen LogP contribution in [0.25, 0.3) is 0 Å². The van der Waals surface area contributed by atoms with Gasteiger partial charge in [-0.15, -0.1) is 0 Å². The molecule has 1 fully saturated rings. The molecule has 1 aliphatic rings. The van der Waals surface area contributed by atoms with Gasteiger partial charge in [-0.25, -0.2) is 8.78 Å². The summed E-state index contributed by atoms with van der Waals surface area (Å²) in [5.74, 6) is -2.18. The minimum Gasteiger partial charge on any atom is -0.321 e. The van der Waals surface area contributed by atoms with E-state index in [0.29, 0.717) is 10.9 Å². The predicted octanol–water partition coefficient (Wildman–Crippen LogP) is 2.66. The molecule has 2 unspecified atom stereocenters. The van der Waals surface area contributed by atoms with Crippen LogP contribution >= 0.6 is 15.9 Å². The van der Waals surface area contributed by atoms with Gasteiger partial charge in [0.15, 0.2) is 11.6 Å². The van der Waals surface area contributed by atoms with E-state index in [1.165, 1.54) is 0 Å². The molecule has 1 aliphatic heterocycles. The fraction of sp³-hybridized carbons (Fsp3) is 0.417. The van der Waals surface area contributed by atoms with Crippen LogP contribution in [-0.2, 0) is 4.79 Å². The Morgan fingerprint density at radius 1 is 1.44 bits per heavy atom. The first-order valence-corrected chi connectivity index (χ1v) is 6.47. The Balaban J connectivity index is 2.17. The van der Waals surface area contributed by atoms with E-state index in [2.05, 4.69) is 26.6 Å². The zero-order valence-corrected chi connectivity index (χ0v) is 11.4. The zero-order valence-electron chi connectivity index (χ0n) is 9.77. The zero-order chi connectivity index (χ0) is 13.3. The summed E-state index contributed by atoms with van der Waals surface area (Å²) in [7, 11) is 0. The summed E-state index contributed by atoms with van der Waals surface area (Å²) >= 11 is 2.99. The Hall–Kier alpha value is -1.01. The summed E-state index contributed by atoms with van der Waals surface area (Å²) < 4.78 is 27.4. The van der Waals surface area contributed by atoms with E-state index in [1.54, 1.807) is 0 Å². The van der Waals surface area contributed by atoms with Gasteiger partial charge in [-0.1, -0.05) is 15.9 Å². The van der Waals surface area contributed by atoms with Crippen LogP contribution in [-0.4, -0.2) is 18.5 Å². The third-order valence-electron chi connectivity index (χ3n) is 3.12. The van der Waals surface area contributed by atoms with Gasteiger partial charge in [-0.2, -0.15) is 0 Å². The number of nitrogens with one attached hydrogen (secondary N) is 2. The van der Waals surface area contributed by atoms with E-state index in [0.717, 1.165) is 18.7 Å². The minimum absolute atomic E-state index is 0.0200. The number of rotatable bonds is 2. The number of benzene rings is 1. The molecule has 1 aromatic rings. The van der Waals surface area contributed by atoms with E-state index in [1.807, 2.05) is 6.92 Å². The SMILES string of the molecule is CC1NCCC1C(=O)Nc1c(F)cc(Br)cc1F. The summed E-state index contributed by atoms with van der Waals surface area (Å²) in [6.45, 7) is 2.62. The molecule has 0 radical (unpaired) electrons. The van der Waals surface area contributed by atoms with Crippen molar-refractivity contribution in [3.63, 3.8) is 0 Å². The van der Waals surface area contributed by atoms with Crippen molar-refractivity contribution in [1.29, 1.82) is 0 Å². The van der Waals surface area contributed by atoms with E-state index in [4.69, 9.17) is 0 Å². The van der Waals surface area contributed by atoms with Crippen molar-refractivity contribution in [3.05, 3.63) is 28.2 Å². The lowest BCUT2D eigenvalue weighted by molar-refractivity contribution is -0.120. The summed E-state index contributed by atoms with van der Waals surface area (Å²) in [6, 6.07) is 2.26. The molecule has 0 bridgehead atoms. The van der Waals surface area contributed by atoms with Crippen molar-refractivity contribution in [3.8, 4) is 0 Å². The molecule has 1 aromatic carbocycles. The number of amides is 1. The molecule has 6 heteroatoms. The van der Waals surface area contributed by atoms with Gasteiger partial charge in [0, 0.05) is 10.5 Å². The second kappa shape index (κ2) is 5.32. The van der Waals surface area contributed by atoms with Gasteiger partial charge in [0.1, 0.15) is 5.69 Å². The Bertz CT molecular complexity index is 458. The molecule has 2 rings (SSSR count). The van der Waals surface area contributed by atoms with Gasteiger partial charge in [0.05, 0.1) is 5.92 Å². The number of carbonyl (C=O) groups excluding carboxylic acids is 1. The van der Waals surface area contributed by atoms with Crippen LogP contribution in [0.3, 0.4) is 0 Å².